The highest BCUT2D eigenvalue weighted by Crippen LogP contribution is 2.41. The molecule has 2 saturated carbocycles. The van der Waals surface area contributed by atoms with Crippen molar-refractivity contribution in [1.82, 2.24) is 0 Å². The highest BCUT2D eigenvalue weighted by atomic mass is 16.3. The second kappa shape index (κ2) is 6.58. The third-order valence-corrected chi connectivity index (χ3v) is 5.10. The maximum absolute atomic E-state index is 9.17. The van der Waals surface area contributed by atoms with Crippen LogP contribution in [0.3, 0.4) is 0 Å². The van der Waals surface area contributed by atoms with E-state index in [0.717, 1.165) is 17.8 Å². The second-order valence-electron chi connectivity index (χ2n) is 6.16. The molecule has 0 aromatic carbocycles. The lowest BCUT2D eigenvalue weighted by atomic mass is 9.69. The van der Waals surface area contributed by atoms with Gasteiger partial charge in [0.05, 0.1) is 0 Å². The first-order valence-electron chi connectivity index (χ1n) is 7.57. The van der Waals surface area contributed by atoms with E-state index in [-0.39, 0.29) is 0 Å². The Morgan fingerprint density at radius 2 is 1.41 bits per heavy atom. The smallest absolute Gasteiger partial charge is 0.0459 e. The molecule has 0 unspecified atom stereocenters. The molecule has 2 aliphatic carbocycles. The Morgan fingerprint density at radius 3 is 1.88 bits per heavy atom. The summed E-state index contributed by atoms with van der Waals surface area (Å²) in [4.78, 5) is 0. The first-order chi connectivity index (χ1) is 8.33. The lowest BCUT2D eigenvalue weighted by molar-refractivity contribution is 0.122. The average Bonchev–Trinajstić information content (AvgIpc) is 2.40. The molecule has 0 aromatic rings. The quantitative estimate of drug-likeness (QED) is 0.729. The van der Waals surface area contributed by atoms with Gasteiger partial charge < -0.3 is 5.11 Å². The molecule has 1 heteroatoms. The summed E-state index contributed by atoms with van der Waals surface area (Å²) < 4.78 is 0. The Morgan fingerprint density at radius 1 is 0.882 bits per heavy atom. The summed E-state index contributed by atoms with van der Waals surface area (Å²) in [5.74, 6) is 3.45. The topological polar surface area (TPSA) is 20.2 Å². The van der Waals surface area contributed by atoms with Gasteiger partial charge in [-0.25, -0.2) is 0 Å². The van der Waals surface area contributed by atoms with Crippen molar-refractivity contribution in [2.45, 2.75) is 58.3 Å². The lowest BCUT2D eigenvalue weighted by Crippen LogP contribution is -2.26. The van der Waals surface area contributed by atoms with Crippen LogP contribution in [-0.2, 0) is 0 Å². The molecule has 0 atom stereocenters. The van der Waals surface area contributed by atoms with E-state index in [1.54, 1.807) is 0 Å². The van der Waals surface area contributed by atoms with Gasteiger partial charge in [0.2, 0.25) is 0 Å². The van der Waals surface area contributed by atoms with Gasteiger partial charge in [-0.05, 0) is 82.0 Å². The van der Waals surface area contributed by atoms with E-state index in [0.29, 0.717) is 12.5 Å². The van der Waals surface area contributed by atoms with Crippen molar-refractivity contribution in [3.05, 3.63) is 12.2 Å². The summed E-state index contributed by atoms with van der Waals surface area (Å²) in [6.07, 6.45) is 15.6. The maximum Gasteiger partial charge on any atom is 0.0459 e. The predicted octanol–water partition coefficient (Wildman–Crippen LogP) is 4.17. The Hall–Kier alpha value is -0.300. The SMILES string of the molecule is CC=CC1CCC(C2CCC(CO)CC2)CC1. The number of aliphatic hydroxyl groups excluding tert-OH is 1. The van der Waals surface area contributed by atoms with Gasteiger partial charge in [-0.3, -0.25) is 0 Å². The molecule has 2 aliphatic rings. The number of rotatable bonds is 3. The van der Waals surface area contributed by atoms with E-state index < -0.39 is 0 Å². The molecule has 1 nitrogen and oxygen atoms in total. The first-order valence-corrected chi connectivity index (χ1v) is 7.57. The standard InChI is InChI=1S/C16H28O/c1-2-3-13-4-8-15(9-5-13)16-10-6-14(12-17)7-11-16/h2-3,13-17H,4-12H2,1H3. The molecule has 0 bridgehead atoms. The number of allylic oxidation sites excluding steroid dienone is 2. The molecule has 2 fully saturated rings. The van der Waals surface area contributed by atoms with Crippen molar-refractivity contribution in [2.24, 2.45) is 23.7 Å². The fourth-order valence-corrected chi connectivity index (χ4v) is 3.92. The van der Waals surface area contributed by atoms with E-state index in [1.165, 1.54) is 51.4 Å². The van der Waals surface area contributed by atoms with Crippen LogP contribution in [0.1, 0.15) is 58.3 Å². The Kier molecular flexibility index (Phi) is 5.09. The van der Waals surface area contributed by atoms with Gasteiger partial charge in [0, 0.05) is 6.61 Å². The van der Waals surface area contributed by atoms with Crippen LogP contribution in [0.4, 0.5) is 0 Å². The zero-order valence-corrected chi connectivity index (χ0v) is 11.3. The summed E-state index contributed by atoms with van der Waals surface area (Å²) in [7, 11) is 0. The van der Waals surface area contributed by atoms with E-state index in [1.807, 2.05) is 0 Å². The Labute approximate surface area is 106 Å². The Balaban J connectivity index is 1.74. The summed E-state index contributed by atoms with van der Waals surface area (Å²) in [6, 6.07) is 0. The maximum atomic E-state index is 9.17. The molecule has 1 N–H and O–H groups in total. The Bertz CT molecular complexity index is 230. The molecule has 0 saturated heterocycles. The predicted molar refractivity (Wildman–Crippen MR) is 72.8 cm³/mol. The minimum absolute atomic E-state index is 0.417. The van der Waals surface area contributed by atoms with E-state index >= 15 is 0 Å². The van der Waals surface area contributed by atoms with Crippen LogP contribution in [0.5, 0.6) is 0 Å². The third kappa shape index (κ3) is 3.58. The van der Waals surface area contributed by atoms with Gasteiger partial charge in [-0.1, -0.05) is 12.2 Å². The van der Waals surface area contributed by atoms with E-state index in [9.17, 15) is 5.11 Å². The lowest BCUT2D eigenvalue weighted by Gasteiger charge is -2.37. The third-order valence-electron chi connectivity index (χ3n) is 5.10. The molecule has 0 heterocycles. The molecule has 0 amide bonds. The first kappa shape index (κ1) is 13.1. The highest BCUT2D eigenvalue weighted by molar-refractivity contribution is 4.90. The largest absolute Gasteiger partial charge is 0.396 e. The molecule has 0 spiro atoms. The molecule has 0 aliphatic heterocycles. The van der Waals surface area contributed by atoms with Crippen molar-refractivity contribution >= 4 is 0 Å². The highest BCUT2D eigenvalue weighted by Gasteiger charge is 2.29. The van der Waals surface area contributed by atoms with E-state index in [4.69, 9.17) is 0 Å². The van der Waals surface area contributed by atoms with Gasteiger partial charge in [-0.15, -0.1) is 0 Å². The monoisotopic (exact) mass is 236 g/mol. The molecule has 2 rings (SSSR count). The molecule has 17 heavy (non-hydrogen) atoms. The van der Waals surface area contributed by atoms with Crippen LogP contribution < -0.4 is 0 Å². The molecule has 0 radical (unpaired) electrons. The van der Waals surface area contributed by atoms with Crippen LogP contribution >= 0.6 is 0 Å². The molecule has 98 valence electrons. The van der Waals surface area contributed by atoms with Gasteiger partial charge in [0.1, 0.15) is 0 Å². The van der Waals surface area contributed by atoms with Crippen LogP contribution in [-0.4, -0.2) is 11.7 Å². The fraction of sp³-hybridized carbons (Fsp3) is 0.875. The summed E-state index contributed by atoms with van der Waals surface area (Å²) in [6.45, 7) is 2.56. The van der Waals surface area contributed by atoms with Crippen molar-refractivity contribution < 1.29 is 5.11 Å². The van der Waals surface area contributed by atoms with Crippen LogP contribution in [0, 0.1) is 23.7 Å². The summed E-state index contributed by atoms with van der Waals surface area (Å²) in [5.41, 5.74) is 0. The summed E-state index contributed by atoms with van der Waals surface area (Å²) >= 11 is 0. The minimum atomic E-state index is 0.417. The van der Waals surface area contributed by atoms with Crippen LogP contribution in [0.15, 0.2) is 12.2 Å². The molecular formula is C16H28O. The number of hydrogen-bond donors (Lipinski definition) is 1. The van der Waals surface area contributed by atoms with Crippen molar-refractivity contribution in [3.63, 3.8) is 0 Å². The number of hydrogen-bond acceptors (Lipinski definition) is 1. The van der Waals surface area contributed by atoms with Gasteiger partial charge in [0.25, 0.3) is 0 Å². The van der Waals surface area contributed by atoms with Crippen LogP contribution in [0.2, 0.25) is 0 Å². The number of aliphatic hydroxyl groups is 1. The van der Waals surface area contributed by atoms with E-state index in [2.05, 4.69) is 19.1 Å². The average molecular weight is 236 g/mol. The van der Waals surface area contributed by atoms with Gasteiger partial charge >= 0.3 is 0 Å². The normalized spacial score (nSPS) is 39.6. The van der Waals surface area contributed by atoms with Crippen molar-refractivity contribution in [2.75, 3.05) is 6.61 Å². The van der Waals surface area contributed by atoms with Gasteiger partial charge in [-0.2, -0.15) is 0 Å². The molecular weight excluding hydrogens is 208 g/mol. The molecule has 0 aromatic heterocycles. The summed E-state index contributed by atoms with van der Waals surface area (Å²) in [5, 5.41) is 9.17. The fourth-order valence-electron chi connectivity index (χ4n) is 3.92. The van der Waals surface area contributed by atoms with Crippen LogP contribution in [0.25, 0.3) is 0 Å². The van der Waals surface area contributed by atoms with Crippen molar-refractivity contribution in [3.8, 4) is 0 Å². The zero-order valence-electron chi connectivity index (χ0n) is 11.3. The van der Waals surface area contributed by atoms with Crippen molar-refractivity contribution in [1.29, 1.82) is 0 Å². The second-order valence-corrected chi connectivity index (χ2v) is 6.16. The zero-order chi connectivity index (χ0) is 12.1. The minimum Gasteiger partial charge on any atom is -0.396 e. The van der Waals surface area contributed by atoms with Gasteiger partial charge in [0.15, 0.2) is 0 Å².